The maximum absolute atomic E-state index is 12.6. The quantitative estimate of drug-likeness (QED) is 0.938. The van der Waals surface area contributed by atoms with E-state index in [9.17, 15) is 4.79 Å². The highest BCUT2D eigenvalue weighted by Crippen LogP contribution is 2.34. The number of hydrogen-bond donors (Lipinski definition) is 1. The molecule has 2 bridgehead atoms. The van der Waals surface area contributed by atoms with Crippen LogP contribution in [0.4, 0.5) is 0 Å². The molecule has 0 radical (unpaired) electrons. The normalized spacial score (nSPS) is 28.7. The van der Waals surface area contributed by atoms with Crippen molar-refractivity contribution in [1.29, 1.82) is 0 Å². The van der Waals surface area contributed by atoms with Crippen molar-refractivity contribution in [2.24, 2.45) is 5.92 Å². The highest BCUT2D eigenvalue weighted by Gasteiger charge is 2.43. The van der Waals surface area contributed by atoms with E-state index in [1.165, 1.54) is 5.56 Å². The van der Waals surface area contributed by atoms with E-state index >= 15 is 0 Å². The summed E-state index contributed by atoms with van der Waals surface area (Å²) in [4.78, 5) is 19.3. The van der Waals surface area contributed by atoms with Crippen molar-refractivity contribution in [2.45, 2.75) is 38.3 Å². The van der Waals surface area contributed by atoms with Crippen LogP contribution in [0, 0.1) is 12.8 Å². The lowest BCUT2D eigenvalue weighted by molar-refractivity contribution is 0.0131. The summed E-state index contributed by atoms with van der Waals surface area (Å²) >= 11 is 0. The second-order valence-corrected chi connectivity index (χ2v) is 6.92. The van der Waals surface area contributed by atoms with Crippen LogP contribution in [0.25, 0.3) is 0 Å². The minimum atomic E-state index is -0.0990. The second-order valence-electron chi connectivity index (χ2n) is 6.92. The van der Waals surface area contributed by atoms with Gasteiger partial charge < -0.3 is 9.73 Å². The van der Waals surface area contributed by atoms with Gasteiger partial charge in [0.25, 0.3) is 5.91 Å². The third-order valence-electron chi connectivity index (χ3n) is 5.40. The predicted octanol–water partition coefficient (Wildman–Crippen LogP) is 2.42. The number of nitrogens with zero attached hydrogens (tertiary/aromatic N) is 2. The summed E-state index contributed by atoms with van der Waals surface area (Å²) in [6, 6.07) is 8.18. The Morgan fingerprint density at radius 3 is 2.83 bits per heavy atom. The number of fused-ring (bicyclic) bond motifs is 3. The zero-order valence-electron chi connectivity index (χ0n) is 13.9. The van der Waals surface area contributed by atoms with Crippen LogP contribution in [-0.2, 0) is 6.42 Å². The van der Waals surface area contributed by atoms with Gasteiger partial charge in [-0.25, -0.2) is 0 Å². The minimum absolute atomic E-state index is 0.0990. The van der Waals surface area contributed by atoms with Crippen LogP contribution >= 0.6 is 0 Å². The first kappa shape index (κ1) is 15.4. The van der Waals surface area contributed by atoms with Crippen molar-refractivity contribution < 1.29 is 9.21 Å². The van der Waals surface area contributed by atoms with Gasteiger partial charge in [0.1, 0.15) is 5.76 Å². The Hall–Kier alpha value is -2.14. The molecule has 3 saturated heterocycles. The molecule has 0 spiro atoms. The molecule has 0 saturated carbocycles. The van der Waals surface area contributed by atoms with E-state index in [4.69, 9.17) is 4.42 Å². The van der Waals surface area contributed by atoms with E-state index in [0.29, 0.717) is 17.7 Å². The Morgan fingerprint density at radius 2 is 2.17 bits per heavy atom. The van der Waals surface area contributed by atoms with Crippen molar-refractivity contribution in [3.63, 3.8) is 0 Å². The molecule has 3 aliphatic heterocycles. The molecule has 0 aliphatic carbocycles. The van der Waals surface area contributed by atoms with Gasteiger partial charge >= 0.3 is 0 Å². The van der Waals surface area contributed by atoms with Crippen LogP contribution in [0.5, 0.6) is 0 Å². The van der Waals surface area contributed by atoms with E-state index in [2.05, 4.69) is 21.3 Å². The third kappa shape index (κ3) is 2.96. The first-order valence-electron chi connectivity index (χ1n) is 8.71. The molecule has 126 valence electrons. The number of furan rings is 1. The average molecular weight is 325 g/mol. The van der Waals surface area contributed by atoms with E-state index < -0.39 is 0 Å². The summed E-state index contributed by atoms with van der Waals surface area (Å²) in [6.07, 6.45) is 6.97. The molecular formula is C19H23N3O2. The number of hydrogen-bond acceptors (Lipinski definition) is 4. The van der Waals surface area contributed by atoms with Gasteiger partial charge in [0, 0.05) is 24.5 Å². The summed E-state index contributed by atoms with van der Waals surface area (Å²) in [7, 11) is 0. The number of nitrogens with one attached hydrogen (secondary N) is 1. The summed E-state index contributed by atoms with van der Waals surface area (Å²) in [5.74, 6) is 1.62. The fraction of sp³-hybridized carbons (Fsp3) is 0.474. The van der Waals surface area contributed by atoms with E-state index in [-0.39, 0.29) is 11.9 Å². The van der Waals surface area contributed by atoms with Crippen LogP contribution < -0.4 is 5.32 Å². The SMILES string of the molecule is Cc1ccc(C(=O)N[C@@H]2C3CCN(CC3)[C@H]2Cc2cccnc2)o1. The number of carbonyl (C=O) groups is 1. The van der Waals surface area contributed by atoms with Crippen molar-refractivity contribution in [3.8, 4) is 0 Å². The van der Waals surface area contributed by atoms with Gasteiger partial charge in [-0.15, -0.1) is 0 Å². The summed E-state index contributed by atoms with van der Waals surface area (Å²) in [6.45, 7) is 4.11. The molecule has 3 fully saturated rings. The van der Waals surface area contributed by atoms with Crippen molar-refractivity contribution in [3.05, 3.63) is 53.7 Å². The molecule has 0 unspecified atom stereocenters. The van der Waals surface area contributed by atoms with E-state index in [1.807, 2.05) is 25.3 Å². The fourth-order valence-corrected chi connectivity index (χ4v) is 4.16. The Bertz CT molecular complexity index is 704. The van der Waals surface area contributed by atoms with Gasteiger partial charge in [0.05, 0.1) is 0 Å². The van der Waals surface area contributed by atoms with Gasteiger partial charge in [-0.1, -0.05) is 6.07 Å². The fourth-order valence-electron chi connectivity index (χ4n) is 4.16. The number of rotatable bonds is 4. The molecule has 24 heavy (non-hydrogen) atoms. The number of piperidine rings is 3. The Morgan fingerprint density at radius 1 is 1.33 bits per heavy atom. The van der Waals surface area contributed by atoms with Gasteiger partial charge in [-0.2, -0.15) is 0 Å². The van der Waals surface area contributed by atoms with Crippen molar-refractivity contribution in [2.75, 3.05) is 13.1 Å². The zero-order valence-corrected chi connectivity index (χ0v) is 13.9. The third-order valence-corrected chi connectivity index (χ3v) is 5.40. The van der Waals surface area contributed by atoms with Crippen LogP contribution in [0.2, 0.25) is 0 Å². The maximum Gasteiger partial charge on any atom is 0.287 e. The molecule has 5 heterocycles. The standard InChI is InChI=1S/C19H23N3O2/c1-13-4-5-17(24-13)19(23)21-18-15-6-9-22(10-7-15)16(18)11-14-3-2-8-20-12-14/h2-5,8,12,15-16,18H,6-7,9-11H2,1H3,(H,21,23)/t16-,18+/m0/s1. The zero-order chi connectivity index (χ0) is 16.5. The van der Waals surface area contributed by atoms with Gasteiger partial charge in [-0.05, 0) is 69.0 Å². The lowest BCUT2D eigenvalue weighted by Gasteiger charge is -2.51. The number of amides is 1. The second kappa shape index (κ2) is 6.40. The van der Waals surface area contributed by atoms with E-state index in [0.717, 1.165) is 38.1 Å². The van der Waals surface area contributed by atoms with Gasteiger partial charge in [-0.3, -0.25) is 14.7 Å². The minimum Gasteiger partial charge on any atom is -0.456 e. The predicted molar refractivity (Wildman–Crippen MR) is 90.7 cm³/mol. The molecular weight excluding hydrogens is 302 g/mol. The number of carbonyl (C=O) groups excluding carboxylic acids is 1. The lowest BCUT2D eigenvalue weighted by atomic mass is 9.76. The maximum atomic E-state index is 12.6. The smallest absolute Gasteiger partial charge is 0.287 e. The Kier molecular flexibility index (Phi) is 4.10. The highest BCUT2D eigenvalue weighted by atomic mass is 16.3. The topological polar surface area (TPSA) is 58.4 Å². The first-order valence-corrected chi connectivity index (χ1v) is 8.71. The first-order chi connectivity index (χ1) is 11.7. The van der Waals surface area contributed by atoms with Crippen molar-refractivity contribution in [1.82, 2.24) is 15.2 Å². The lowest BCUT2D eigenvalue weighted by Crippen LogP contribution is -2.64. The molecule has 2 aromatic rings. The number of aromatic nitrogens is 1. The summed E-state index contributed by atoms with van der Waals surface area (Å²) in [5.41, 5.74) is 1.23. The van der Waals surface area contributed by atoms with Crippen LogP contribution in [0.3, 0.4) is 0 Å². The Labute approximate surface area is 142 Å². The van der Waals surface area contributed by atoms with Gasteiger partial charge in [0.15, 0.2) is 5.76 Å². The monoisotopic (exact) mass is 325 g/mol. The van der Waals surface area contributed by atoms with Gasteiger partial charge in [0.2, 0.25) is 0 Å². The molecule has 5 heteroatoms. The Balaban J connectivity index is 1.53. The van der Waals surface area contributed by atoms with E-state index in [1.54, 1.807) is 12.3 Å². The van der Waals surface area contributed by atoms with Crippen molar-refractivity contribution >= 4 is 5.91 Å². The largest absolute Gasteiger partial charge is 0.456 e. The number of pyridine rings is 1. The molecule has 2 aromatic heterocycles. The molecule has 2 atom stereocenters. The molecule has 5 rings (SSSR count). The molecule has 1 amide bonds. The molecule has 5 nitrogen and oxygen atoms in total. The van der Waals surface area contributed by atoms with Crippen LogP contribution in [0.15, 0.2) is 41.1 Å². The average Bonchev–Trinajstić information content (AvgIpc) is 3.05. The van der Waals surface area contributed by atoms with Crippen LogP contribution in [0.1, 0.15) is 34.7 Å². The molecule has 1 N–H and O–H groups in total. The van der Waals surface area contributed by atoms with Crippen LogP contribution in [-0.4, -0.2) is 41.0 Å². The highest BCUT2D eigenvalue weighted by molar-refractivity contribution is 5.91. The molecule has 3 aliphatic rings. The summed E-state index contributed by atoms with van der Waals surface area (Å²) in [5, 5.41) is 3.26. The summed E-state index contributed by atoms with van der Waals surface area (Å²) < 4.78 is 5.48. The number of aryl methyl sites for hydroxylation is 1. The molecule has 0 aromatic carbocycles.